The molecular formula is C19H20N4O3S. The minimum absolute atomic E-state index is 0.191. The maximum atomic E-state index is 12.5. The molecule has 27 heavy (non-hydrogen) atoms. The number of carboxylic acids is 1. The monoisotopic (exact) mass is 384 g/mol. The number of fused-ring (bicyclic) bond motifs is 1. The molecule has 1 aromatic carbocycles. The van der Waals surface area contributed by atoms with Gasteiger partial charge in [0, 0.05) is 18.2 Å². The van der Waals surface area contributed by atoms with Crippen molar-refractivity contribution in [1.82, 2.24) is 15.5 Å². The van der Waals surface area contributed by atoms with Gasteiger partial charge in [-0.15, -0.1) is 11.3 Å². The van der Waals surface area contributed by atoms with Gasteiger partial charge >= 0.3 is 5.97 Å². The van der Waals surface area contributed by atoms with Gasteiger partial charge in [-0.1, -0.05) is 25.0 Å². The first kappa shape index (κ1) is 17.7. The molecule has 1 saturated carbocycles. The summed E-state index contributed by atoms with van der Waals surface area (Å²) in [6, 6.07) is 9.62. The highest BCUT2D eigenvalue weighted by Crippen LogP contribution is 2.29. The fourth-order valence-corrected chi connectivity index (χ4v) is 4.20. The van der Waals surface area contributed by atoms with Gasteiger partial charge in [0.2, 0.25) is 0 Å². The Hall–Kier alpha value is -2.71. The van der Waals surface area contributed by atoms with Crippen LogP contribution in [0.25, 0.3) is 10.2 Å². The molecule has 4 N–H and O–H groups in total. The molecule has 140 valence electrons. The molecule has 0 radical (unpaired) electrons. The Bertz CT molecular complexity index is 971. The van der Waals surface area contributed by atoms with Crippen LogP contribution < -0.4 is 10.6 Å². The summed E-state index contributed by atoms with van der Waals surface area (Å²) in [6.07, 6.45) is 5.09. The average molecular weight is 384 g/mol. The number of hydrogen-bond donors (Lipinski definition) is 4. The van der Waals surface area contributed by atoms with Crippen LogP contribution in [0.4, 0.5) is 5.82 Å². The molecule has 3 aromatic rings. The smallest absolute Gasteiger partial charge is 0.345 e. The number of carbonyl (C=O) groups is 2. The quantitative estimate of drug-likeness (QED) is 0.519. The lowest BCUT2D eigenvalue weighted by atomic mass is 10.1. The number of hydrogen-bond acceptors (Lipinski definition) is 5. The summed E-state index contributed by atoms with van der Waals surface area (Å²) < 4.78 is 0. The van der Waals surface area contributed by atoms with E-state index in [1.54, 1.807) is 12.1 Å². The highest BCUT2D eigenvalue weighted by molar-refractivity contribution is 7.20. The van der Waals surface area contributed by atoms with Crippen molar-refractivity contribution in [3.8, 4) is 0 Å². The SMILES string of the molecule is O=C(Nc1[nH]nc2sc(C(=O)O)cc12)c1ccc(CNC2CCCC2)cc1. The van der Waals surface area contributed by atoms with Crippen molar-refractivity contribution in [3.05, 3.63) is 46.3 Å². The predicted octanol–water partition coefficient (Wildman–Crippen LogP) is 3.61. The van der Waals surface area contributed by atoms with E-state index in [4.69, 9.17) is 5.11 Å². The van der Waals surface area contributed by atoms with Crippen molar-refractivity contribution in [2.24, 2.45) is 0 Å². The van der Waals surface area contributed by atoms with Crippen molar-refractivity contribution >= 4 is 39.2 Å². The van der Waals surface area contributed by atoms with E-state index < -0.39 is 5.97 Å². The molecule has 0 unspecified atom stereocenters. The topological polar surface area (TPSA) is 107 Å². The van der Waals surface area contributed by atoms with Gasteiger partial charge in [0.15, 0.2) is 0 Å². The van der Waals surface area contributed by atoms with E-state index >= 15 is 0 Å². The van der Waals surface area contributed by atoms with Gasteiger partial charge in [0.1, 0.15) is 15.5 Å². The predicted molar refractivity (Wildman–Crippen MR) is 104 cm³/mol. The molecule has 0 saturated heterocycles. The number of nitrogens with one attached hydrogen (secondary N) is 3. The molecule has 1 fully saturated rings. The van der Waals surface area contributed by atoms with Crippen molar-refractivity contribution in [2.75, 3.05) is 5.32 Å². The van der Waals surface area contributed by atoms with Gasteiger partial charge < -0.3 is 15.7 Å². The first-order valence-electron chi connectivity index (χ1n) is 8.95. The largest absolute Gasteiger partial charge is 0.477 e. The second kappa shape index (κ2) is 7.50. The lowest BCUT2D eigenvalue weighted by Crippen LogP contribution is -2.25. The molecule has 2 aromatic heterocycles. The third-order valence-corrected chi connectivity index (χ3v) is 5.88. The maximum absolute atomic E-state index is 12.5. The van der Waals surface area contributed by atoms with Crippen molar-refractivity contribution in [1.29, 1.82) is 0 Å². The Kier molecular flexibility index (Phi) is 4.91. The summed E-state index contributed by atoms with van der Waals surface area (Å²) in [5.41, 5.74) is 1.68. The number of aromatic nitrogens is 2. The molecule has 0 bridgehead atoms. The third-order valence-electron chi connectivity index (χ3n) is 4.87. The molecular weight excluding hydrogens is 364 g/mol. The van der Waals surface area contributed by atoms with E-state index in [2.05, 4.69) is 20.8 Å². The molecule has 7 nitrogen and oxygen atoms in total. The lowest BCUT2D eigenvalue weighted by molar-refractivity contribution is 0.0702. The Morgan fingerprint density at radius 1 is 1.22 bits per heavy atom. The number of anilines is 1. The Balaban J connectivity index is 1.41. The van der Waals surface area contributed by atoms with Crippen LogP contribution in [0.3, 0.4) is 0 Å². The first-order chi connectivity index (χ1) is 13.1. The summed E-state index contributed by atoms with van der Waals surface area (Å²) in [7, 11) is 0. The molecule has 4 rings (SSSR count). The number of aromatic amines is 1. The van der Waals surface area contributed by atoms with Gasteiger partial charge in [0.25, 0.3) is 5.91 Å². The number of amides is 1. The Morgan fingerprint density at radius 2 is 1.96 bits per heavy atom. The number of carbonyl (C=O) groups excluding carboxylic acids is 1. The van der Waals surface area contributed by atoms with Crippen LogP contribution in [0.1, 0.15) is 51.3 Å². The maximum Gasteiger partial charge on any atom is 0.345 e. The van der Waals surface area contributed by atoms with E-state index in [1.165, 1.54) is 31.7 Å². The number of nitrogens with zero attached hydrogens (tertiary/aromatic N) is 1. The second-order valence-electron chi connectivity index (χ2n) is 6.75. The van der Waals surface area contributed by atoms with Gasteiger partial charge in [-0.2, -0.15) is 5.10 Å². The van der Waals surface area contributed by atoms with E-state index in [1.807, 2.05) is 12.1 Å². The number of carboxylic acid groups (broad SMARTS) is 1. The number of rotatable bonds is 6. The zero-order valence-electron chi connectivity index (χ0n) is 14.6. The number of H-pyrrole nitrogens is 1. The van der Waals surface area contributed by atoms with Crippen molar-refractivity contribution in [2.45, 2.75) is 38.3 Å². The van der Waals surface area contributed by atoms with Crippen LogP contribution in [0.5, 0.6) is 0 Å². The molecule has 8 heteroatoms. The second-order valence-corrected chi connectivity index (χ2v) is 7.78. The summed E-state index contributed by atoms with van der Waals surface area (Å²) in [5, 5.41) is 22.8. The summed E-state index contributed by atoms with van der Waals surface area (Å²) >= 11 is 1.07. The standard InChI is InChI=1S/C19H20N4O3S/c24-17(21-16-14-9-15(19(25)26)27-18(14)23-22-16)12-7-5-11(6-8-12)10-20-13-3-1-2-4-13/h5-9,13,20H,1-4,10H2,(H,25,26)(H2,21,22,23,24). The lowest BCUT2D eigenvalue weighted by Gasteiger charge is -2.12. The fraction of sp³-hybridized carbons (Fsp3) is 0.316. The highest BCUT2D eigenvalue weighted by atomic mass is 32.1. The molecule has 1 amide bonds. The molecule has 2 heterocycles. The fourth-order valence-electron chi connectivity index (χ4n) is 3.36. The van der Waals surface area contributed by atoms with Crippen LogP contribution in [0, 0.1) is 0 Å². The van der Waals surface area contributed by atoms with Crippen LogP contribution in [-0.4, -0.2) is 33.2 Å². The summed E-state index contributed by atoms with van der Waals surface area (Å²) in [6.45, 7) is 0.806. The van der Waals surface area contributed by atoms with Crippen LogP contribution in [0.2, 0.25) is 0 Å². The third kappa shape index (κ3) is 3.86. The van der Waals surface area contributed by atoms with Gasteiger partial charge in [-0.25, -0.2) is 4.79 Å². The van der Waals surface area contributed by atoms with E-state index in [0.717, 1.165) is 23.4 Å². The van der Waals surface area contributed by atoms with Crippen LogP contribution >= 0.6 is 11.3 Å². The minimum atomic E-state index is -1.00. The van der Waals surface area contributed by atoms with Crippen molar-refractivity contribution in [3.63, 3.8) is 0 Å². The van der Waals surface area contributed by atoms with E-state index in [9.17, 15) is 9.59 Å². The van der Waals surface area contributed by atoms with Crippen molar-refractivity contribution < 1.29 is 14.7 Å². The minimum Gasteiger partial charge on any atom is -0.477 e. The van der Waals surface area contributed by atoms with E-state index in [0.29, 0.717) is 27.6 Å². The number of benzene rings is 1. The normalized spacial score (nSPS) is 14.7. The first-order valence-corrected chi connectivity index (χ1v) is 9.76. The highest BCUT2D eigenvalue weighted by Gasteiger charge is 2.17. The molecule has 0 atom stereocenters. The summed E-state index contributed by atoms with van der Waals surface area (Å²) in [5.74, 6) is -0.860. The van der Waals surface area contributed by atoms with Crippen LogP contribution in [0.15, 0.2) is 30.3 Å². The van der Waals surface area contributed by atoms with Gasteiger partial charge in [-0.05, 0) is 36.6 Å². The Labute approximate surface area is 159 Å². The molecule has 0 aliphatic heterocycles. The number of thiophene rings is 1. The molecule has 1 aliphatic rings. The molecule has 0 spiro atoms. The number of aromatic carboxylic acids is 1. The Morgan fingerprint density at radius 3 is 2.67 bits per heavy atom. The zero-order chi connectivity index (χ0) is 18.8. The van der Waals surface area contributed by atoms with E-state index in [-0.39, 0.29) is 10.8 Å². The van der Waals surface area contributed by atoms with Crippen LogP contribution in [-0.2, 0) is 6.54 Å². The van der Waals surface area contributed by atoms with Gasteiger partial charge in [0.05, 0.1) is 5.39 Å². The molecule has 1 aliphatic carbocycles. The summed E-state index contributed by atoms with van der Waals surface area (Å²) in [4.78, 5) is 24.3. The average Bonchev–Trinajstić information content (AvgIpc) is 3.39. The van der Waals surface area contributed by atoms with Gasteiger partial charge in [-0.3, -0.25) is 9.89 Å². The zero-order valence-corrected chi connectivity index (χ0v) is 15.4.